The second-order valence-electron chi connectivity index (χ2n) is 12.9. The van der Waals surface area contributed by atoms with E-state index in [0.29, 0.717) is 22.5 Å². The van der Waals surface area contributed by atoms with Crippen LogP contribution >= 0.6 is 10.3 Å². The molecule has 0 aromatic heterocycles. The Hall–Kier alpha value is -0.250. The maximum Gasteiger partial charge on any atom is 0.0578 e. The van der Waals surface area contributed by atoms with Crippen LogP contribution in [0, 0.1) is 40.4 Å². The van der Waals surface area contributed by atoms with Crippen LogP contribution < -0.4 is 0 Å². The molecule has 2 N–H and O–H groups in total. The molecule has 4 rings (SSSR count). The maximum atomic E-state index is 12.2. The summed E-state index contributed by atoms with van der Waals surface area (Å²) in [5.74, 6) is 4.34. The predicted molar refractivity (Wildman–Crippen MR) is 140 cm³/mol. The minimum absolute atomic E-state index is 0.173. The number of hydrogen-bond donors (Lipinski definition) is 2. The van der Waals surface area contributed by atoms with Gasteiger partial charge >= 0.3 is 0 Å². The lowest BCUT2D eigenvalue weighted by Gasteiger charge is -2.63. The van der Waals surface area contributed by atoms with Gasteiger partial charge in [-0.3, -0.25) is 0 Å². The lowest BCUT2D eigenvalue weighted by atomic mass is 9.53. The van der Waals surface area contributed by atoms with E-state index in [1.807, 2.05) is 6.08 Å². The van der Waals surface area contributed by atoms with Crippen LogP contribution in [-0.4, -0.2) is 26.8 Å². The Labute approximate surface area is 199 Å². The lowest BCUT2D eigenvalue weighted by Crippen LogP contribution is -2.55. The van der Waals surface area contributed by atoms with Gasteiger partial charge in [-0.1, -0.05) is 65.5 Å². The van der Waals surface area contributed by atoms with E-state index in [2.05, 4.69) is 46.6 Å². The predicted octanol–water partition coefficient (Wildman–Crippen LogP) is 8.17. The molecule has 3 aliphatic carbocycles. The quantitative estimate of drug-likeness (QED) is 0.374. The van der Waals surface area contributed by atoms with E-state index in [4.69, 9.17) is 0 Å². The molecule has 1 heterocycles. The van der Waals surface area contributed by atoms with E-state index < -0.39 is 10.3 Å². The van der Waals surface area contributed by atoms with Gasteiger partial charge in [0.15, 0.2) is 0 Å². The molecule has 9 atom stereocenters. The van der Waals surface area contributed by atoms with E-state index in [-0.39, 0.29) is 11.5 Å². The zero-order valence-electron chi connectivity index (χ0n) is 21.5. The molecule has 3 heteroatoms. The Balaban J connectivity index is 1.64. The van der Waals surface area contributed by atoms with Gasteiger partial charge in [0.1, 0.15) is 0 Å². The normalized spacial score (nSPS) is 48.8. The van der Waals surface area contributed by atoms with Crippen LogP contribution in [0.4, 0.5) is 0 Å². The average molecular weight is 463 g/mol. The minimum Gasteiger partial charge on any atom is -0.393 e. The van der Waals surface area contributed by atoms with Gasteiger partial charge in [0.05, 0.1) is 6.10 Å². The first-order chi connectivity index (χ1) is 15.0. The molecule has 0 amide bonds. The molecule has 0 aromatic rings. The average Bonchev–Trinajstić information content (AvgIpc) is 3.06. The molecule has 3 saturated carbocycles. The summed E-state index contributed by atoms with van der Waals surface area (Å²) in [4.78, 5) is 0. The van der Waals surface area contributed by atoms with Gasteiger partial charge in [0.2, 0.25) is 0 Å². The fourth-order valence-electron chi connectivity index (χ4n) is 8.84. The van der Waals surface area contributed by atoms with Gasteiger partial charge in [-0.25, -0.2) is 0 Å². The fraction of sp³-hybridized carbons (Fsp3) is 0.862. The van der Waals surface area contributed by atoms with Crippen molar-refractivity contribution < 1.29 is 9.66 Å². The monoisotopic (exact) mass is 462 g/mol. The molecular weight excluding hydrogens is 412 g/mol. The Bertz CT molecular complexity index is 731. The largest absolute Gasteiger partial charge is 0.393 e. The van der Waals surface area contributed by atoms with Crippen molar-refractivity contribution in [2.45, 2.75) is 110 Å². The molecule has 0 saturated heterocycles. The van der Waals surface area contributed by atoms with Gasteiger partial charge < -0.3 is 9.66 Å². The zero-order chi connectivity index (χ0) is 23.3. The van der Waals surface area contributed by atoms with Gasteiger partial charge in [-0.2, -0.15) is 0 Å². The highest BCUT2D eigenvalue weighted by molar-refractivity contribution is 8.32. The van der Waals surface area contributed by atoms with Crippen molar-refractivity contribution in [1.82, 2.24) is 0 Å². The second-order valence-corrected chi connectivity index (χ2v) is 15.7. The third-order valence-electron chi connectivity index (χ3n) is 10.6. The zero-order valence-corrected chi connectivity index (χ0v) is 22.3. The van der Waals surface area contributed by atoms with Crippen LogP contribution in [0.25, 0.3) is 0 Å². The van der Waals surface area contributed by atoms with Gasteiger partial charge in [-0.05, 0) is 90.8 Å². The van der Waals surface area contributed by atoms with Crippen LogP contribution in [-0.2, 0) is 0 Å². The van der Waals surface area contributed by atoms with Crippen LogP contribution in [0.15, 0.2) is 23.6 Å². The van der Waals surface area contributed by atoms with Crippen molar-refractivity contribution in [2.24, 2.45) is 40.4 Å². The number of aliphatic hydroxyl groups excluding tert-OH is 1. The third-order valence-corrected chi connectivity index (χ3v) is 13.7. The summed E-state index contributed by atoms with van der Waals surface area (Å²) in [5, 5.41) is 13.1. The summed E-state index contributed by atoms with van der Waals surface area (Å²) in [6, 6.07) is 0. The molecule has 0 spiro atoms. The highest BCUT2D eigenvalue weighted by atomic mass is 32.3. The van der Waals surface area contributed by atoms with Crippen LogP contribution in [0.3, 0.4) is 0 Å². The number of hydrogen-bond acceptors (Lipinski definition) is 2. The maximum absolute atomic E-state index is 12.2. The van der Waals surface area contributed by atoms with Crippen LogP contribution in [0.1, 0.15) is 98.8 Å². The Morgan fingerprint density at radius 1 is 1.09 bits per heavy atom. The highest BCUT2D eigenvalue weighted by Gasteiger charge is 2.63. The molecule has 4 aliphatic rings. The van der Waals surface area contributed by atoms with Crippen molar-refractivity contribution in [3.63, 3.8) is 0 Å². The van der Waals surface area contributed by atoms with Crippen LogP contribution in [0.2, 0.25) is 0 Å². The first-order valence-corrected chi connectivity index (χ1v) is 15.5. The van der Waals surface area contributed by atoms with E-state index in [1.54, 1.807) is 0 Å². The van der Waals surface area contributed by atoms with Crippen molar-refractivity contribution >= 4 is 10.3 Å². The molecular formula is C29H50O2S. The molecule has 0 bridgehead atoms. The summed E-state index contributed by atoms with van der Waals surface area (Å²) in [5.41, 5.74) is 1.92. The molecule has 3 fully saturated rings. The summed E-state index contributed by atoms with van der Waals surface area (Å²) in [6.07, 6.45) is 13.8. The fourth-order valence-corrected chi connectivity index (χ4v) is 12.6. The molecule has 0 aromatic carbocycles. The standard InChI is InChI=1S/C29H50O2S/c1-7-17-32(31)19-22-18-23(30)13-15-28(22,5)26-14-16-29(6)24(11-12-25(29)27(26)32)21(4)10-8-9-20(2)3/h7,19-21,23-27,30-31H,1,8-18H2,2-6H3/t21?,23?,24?,25?,26?,27?,28-,29+/m0/s1. The molecule has 1 aliphatic heterocycles. The van der Waals surface area contributed by atoms with Crippen molar-refractivity contribution in [2.75, 3.05) is 5.75 Å². The molecule has 7 unspecified atom stereocenters. The van der Waals surface area contributed by atoms with Crippen molar-refractivity contribution in [3.05, 3.63) is 23.6 Å². The first-order valence-electron chi connectivity index (χ1n) is 13.6. The van der Waals surface area contributed by atoms with Crippen molar-refractivity contribution in [1.29, 1.82) is 0 Å². The van der Waals surface area contributed by atoms with E-state index in [0.717, 1.165) is 42.8 Å². The summed E-state index contributed by atoms with van der Waals surface area (Å²) < 4.78 is 12.2. The molecule has 2 nitrogen and oxygen atoms in total. The van der Waals surface area contributed by atoms with E-state index in [9.17, 15) is 9.66 Å². The first kappa shape index (κ1) is 24.9. The third kappa shape index (κ3) is 4.07. The Morgan fingerprint density at radius 3 is 2.53 bits per heavy atom. The highest BCUT2D eigenvalue weighted by Crippen LogP contribution is 2.74. The SMILES string of the molecule is C=CCS1(O)C=C2CC(O)CC[C@]2(C)C2CC[C@]3(C)C(C(C)CCCC(C)C)CCC3C21. The lowest BCUT2D eigenvalue weighted by molar-refractivity contribution is -0.00261. The van der Waals surface area contributed by atoms with E-state index in [1.165, 1.54) is 50.5 Å². The molecule has 184 valence electrons. The summed E-state index contributed by atoms with van der Waals surface area (Å²) in [6.45, 7) is 16.3. The smallest absolute Gasteiger partial charge is 0.0578 e. The second kappa shape index (κ2) is 9.08. The van der Waals surface area contributed by atoms with Gasteiger partial charge in [-0.15, -0.1) is 16.9 Å². The summed E-state index contributed by atoms with van der Waals surface area (Å²) >= 11 is 0. The summed E-state index contributed by atoms with van der Waals surface area (Å²) in [7, 11) is -1.88. The minimum atomic E-state index is -1.88. The van der Waals surface area contributed by atoms with Gasteiger partial charge in [0.25, 0.3) is 0 Å². The molecule has 0 radical (unpaired) electrons. The van der Waals surface area contributed by atoms with E-state index >= 15 is 0 Å². The number of aliphatic hydroxyl groups is 1. The Morgan fingerprint density at radius 2 is 1.84 bits per heavy atom. The molecule has 32 heavy (non-hydrogen) atoms. The van der Waals surface area contributed by atoms with Gasteiger partial charge in [0, 0.05) is 11.0 Å². The Kier molecular flexibility index (Phi) is 7.05. The topological polar surface area (TPSA) is 40.5 Å². The number of rotatable bonds is 7. The van der Waals surface area contributed by atoms with Crippen LogP contribution in [0.5, 0.6) is 0 Å². The number of fused-ring (bicyclic) bond motifs is 5. The van der Waals surface area contributed by atoms with Crippen molar-refractivity contribution in [3.8, 4) is 0 Å².